The van der Waals surface area contributed by atoms with Gasteiger partial charge in [0.15, 0.2) is 0 Å². The zero-order valence-corrected chi connectivity index (χ0v) is 13.0. The molecule has 6 heteroatoms. The van der Waals surface area contributed by atoms with Crippen LogP contribution in [0.2, 0.25) is 5.02 Å². The highest BCUT2D eigenvalue weighted by atomic mass is 35.5. The van der Waals surface area contributed by atoms with Crippen molar-refractivity contribution in [1.29, 1.82) is 0 Å². The predicted octanol–water partition coefficient (Wildman–Crippen LogP) is 2.60. The Balaban J connectivity index is 2.42. The fraction of sp³-hybridized carbons (Fsp3) is 0.333. The van der Waals surface area contributed by atoms with E-state index in [2.05, 4.69) is 15.3 Å². The summed E-state index contributed by atoms with van der Waals surface area (Å²) in [5.74, 6) is 1.04. The fourth-order valence-corrected chi connectivity index (χ4v) is 2.06. The molecule has 0 fully saturated rings. The van der Waals surface area contributed by atoms with Gasteiger partial charge in [-0.2, -0.15) is 0 Å². The first-order valence-electron chi connectivity index (χ1n) is 6.67. The van der Waals surface area contributed by atoms with E-state index in [1.807, 2.05) is 13.8 Å². The van der Waals surface area contributed by atoms with Gasteiger partial charge in [0, 0.05) is 23.7 Å². The van der Waals surface area contributed by atoms with E-state index in [-0.39, 0.29) is 5.56 Å². The van der Waals surface area contributed by atoms with Crippen molar-refractivity contribution >= 4 is 11.6 Å². The van der Waals surface area contributed by atoms with Gasteiger partial charge >= 0.3 is 0 Å². The van der Waals surface area contributed by atoms with Gasteiger partial charge in [-0.3, -0.25) is 4.79 Å². The molecule has 0 radical (unpaired) electrons. The SMILES string of the molecule is COc1cc(Cl)ccc1-c1nc(CNC(C)C)cc(=O)[nH]1. The number of ether oxygens (including phenoxy) is 1. The molecule has 0 amide bonds. The molecule has 1 aromatic carbocycles. The molecule has 0 unspecified atom stereocenters. The van der Waals surface area contributed by atoms with Crippen LogP contribution in [0.4, 0.5) is 0 Å². The van der Waals surface area contributed by atoms with Crippen molar-refractivity contribution in [3.8, 4) is 17.1 Å². The van der Waals surface area contributed by atoms with Gasteiger partial charge in [0.2, 0.25) is 0 Å². The Morgan fingerprint density at radius 2 is 2.14 bits per heavy atom. The van der Waals surface area contributed by atoms with Gasteiger partial charge in [0.25, 0.3) is 5.56 Å². The van der Waals surface area contributed by atoms with Crippen LogP contribution in [-0.4, -0.2) is 23.1 Å². The number of hydrogen-bond donors (Lipinski definition) is 2. The van der Waals surface area contributed by atoms with E-state index in [0.29, 0.717) is 40.4 Å². The summed E-state index contributed by atoms with van der Waals surface area (Å²) in [6.07, 6.45) is 0. The summed E-state index contributed by atoms with van der Waals surface area (Å²) < 4.78 is 5.30. The third-order valence-corrected chi connectivity index (χ3v) is 3.14. The summed E-state index contributed by atoms with van der Waals surface area (Å²) in [6.45, 7) is 4.61. The maximum atomic E-state index is 11.8. The van der Waals surface area contributed by atoms with Crippen LogP contribution in [0.25, 0.3) is 11.4 Å². The summed E-state index contributed by atoms with van der Waals surface area (Å²) in [7, 11) is 1.55. The van der Waals surface area contributed by atoms with Gasteiger partial charge < -0.3 is 15.0 Å². The van der Waals surface area contributed by atoms with Crippen molar-refractivity contribution < 1.29 is 4.74 Å². The molecule has 5 nitrogen and oxygen atoms in total. The molecule has 0 aliphatic heterocycles. The topological polar surface area (TPSA) is 67.0 Å². The molecule has 2 rings (SSSR count). The first-order valence-corrected chi connectivity index (χ1v) is 7.05. The van der Waals surface area contributed by atoms with E-state index in [1.54, 1.807) is 25.3 Å². The molecule has 0 atom stereocenters. The Kier molecular flexibility index (Phi) is 4.98. The average molecular weight is 308 g/mol. The lowest BCUT2D eigenvalue weighted by molar-refractivity contribution is 0.416. The van der Waals surface area contributed by atoms with Crippen molar-refractivity contribution in [3.63, 3.8) is 0 Å². The van der Waals surface area contributed by atoms with Crippen LogP contribution >= 0.6 is 11.6 Å². The molecule has 21 heavy (non-hydrogen) atoms. The molecule has 0 saturated carbocycles. The Hall–Kier alpha value is -1.85. The summed E-state index contributed by atoms with van der Waals surface area (Å²) in [6, 6.07) is 7.01. The number of methoxy groups -OCH3 is 1. The minimum Gasteiger partial charge on any atom is -0.496 e. The molecule has 0 aliphatic rings. The number of halogens is 1. The second kappa shape index (κ2) is 6.74. The molecule has 0 aliphatic carbocycles. The van der Waals surface area contributed by atoms with E-state index < -0.39 is 0 Å². The van der Waals surface area contributed by atoms with Gasteiger partial charge in [-0.15, -0.1) is 0 Å². The molecule has 1 aromatic heterocycles. The molecule has 0 bridgehead atoms. The molecule has 2 aromatic rings. The number of hydrogen-bond acceptors (Lipinski definition) is 4. The molecule has 0 spiro atoms. The maximum Gasteiger partial charge on any atom is 0.251 e. The number of nitrogens with zero attached hydrogens (tertiary/aromatic N) is 1. The van der Waals surface area contributed by atoms with Crippen LogP contribution < -0.4 is 15.6 Å². The normalized spacial score (nSPS) is 10.9. The van der Waals surface area contributed by atoms with E-state index in [9.17, 15) is 4.79 Å². The second-order valence-corrected chi connectivity index (χ2v) is 5.40. The zero-order valence-electron chi connectivity index (χ0n) is 12.2. The largest absolute Gasteiger partial charge is 0.496 e. The van der Waals surface area contributed by atoms with Gasteiger partial charge in [-0.25, -0.2) is 4.98 Å². The number of aromatic amines is 1. The van der Waals surface area contributed by atoms with E-state index in [4.69, 9.17) is 16.3 Å². The Morgan fingerprint density at radius 3 is 2.81 bits per heavy atom. The highest BCUT2D eigenvalue weighted by Gasteiger charge is 2.10. The van der Waals surface area contributed by atoms with Gasteiger partial charge in [0.05, 0.1) is 18.4 Å². The average Bonchev–Trinajstić information content (AvgIpc) is 2.44. The summed E-state index contributed by atoms with van der Waals surface area (Å²) in [5.41, 5.74) is 1.18. The fourth-order valence-electron chi connectivity index (χ4n) is 1.90. The van der Waals surface area contributed by atoms with Crippen molar-refractivity contribution in [1.82, 2.24) is 15.3 Å². The molecule has 0 saturated heterocycles. The van der Waals surface area contributed by atoms with Crippen LogP contribution in [0.1, 0.15) is 19.5 Å². The summed E-state index contributed by atoms with van der Waals surface area (Å²) in [4.78, 5) is 19.0. The number of rotatable bonds is 5. The van der Waals surface area contributed by atoms with Crippen molar-refractivity contribution in [3.05, 3.63) is 45.3 Å². The lowest BCUT2D eigenvalue weighted by atomic mass is 10.2. The van der Waals surface area contributed by atoms with Crippen LogP contribution in [0.3, 0.4) is 0 Å². The number of H-pyrrole nitrogens is 1. The monoisotopic (exact) mass is 307 g/mol. The van der Waals surface area contributed by atoms with Crippen molar-refractivity contribution in [2.45, 2.75) is 26.4 Å². The summed E-state index contributed by atoms with van der Waals surface area (Å²) in [5, 5.41) is 3.80. The first-order chi connectivity index (χ1) is 9.99. The molecule has 2 N–H and O–H groups in total. The third kappa shape index (κ3) is 4.06. The Morgan fingerprint density at radius 1 is 1.38 bits per heavy atom. The van der Waals surface area contributed by atoms with Crippen molar-refractivity contribution in [2.75, 3.05) is 7.11 Å². The lowest BCUT2D eigenvalue weighted by Gasteiger charge is -2.11. The smallest absolute Gasteiger partial charge is 0.251 e. The Bertz CT molecular complexity index is 683. The number of nitrogens with one attached hydrogen (secondary N) is 2. The minimum atomic E-state index is -0.197. The van der Waals surface area contributed by atoms with Gasteiger partial charge in [-0.05, 0) is 18.2 Å². The predicted molar refractivity (Wildman–Crippen MR) is 83.8 cm³/mol. The third-order valence-electron chi connectivity index (χ3n) is 2.90. The molecule has 112 valence electrons. The molecule has 1 heterocycles. The van der Waals surface area contributed by atoms with Crippen LogP contribution in [-0.2, 0) is 6.54 Å². The van der Waals surface area contributed by atoms with Crippen LogP contribution in [0.5, 0.6) is 5.75 Å². The lowest BCUT2D eigenvalue weighted by Crippen LogP contribution is -2.24. The van der Waals surface area contributed by atoms with Crippen molar-refractivity contribution in [2.24, 2.45) is 0 Å². The maximum absolute atomic E-state index is 11.8. The number of aromatic nitrogens is 2. The highest BCUT2D eigenvalue weighted by molar-refractivity contribution is 6.30. The highest BCUT2D eigenvalue weighted by Crippen LogP contribution is 2.29. The minimum absolute atomic E-state index is 0.197. The second-order valence-electron chi connectivity index (χ2n) is 4.97. The van der Waals surface area contributed by atoms with Gasteiger partial charge in [0.1, 0.15) is 11.6 Å². The molecular formula is C15H18ClN3O2. The quantitative estimate of drug-likeness (QED) is 0.891. The first kappa shape index (κ1) is 15.5. The van der Waals surface area contributed by atoms with Gasteiger partial charge in [-0.1, -0.05) is 25.4 Å². The number of benzene rings is 1. The van der Waals surface area contributed by atoms with E-state index in [0.717, 1.165) is 0 Å². The molecular weight excluding hydrogens is 290 g/mol. The van der Waals surface area contributed by atoms with Crippen LogP contribution in [0.15, 0.2) is 29.1 Å². The van der Waals surface area contributed by atoms with Crippen LogP contribution in [0, 0.1) is 0 Å². The van der Waals surface area contributed by atoms with E-state index >= 15 is 0 Å². The summed E-state index contributed by atoms with van der Waals surface area (Å²) >= 11 is 5.95. The van der Waals surface area contributed by atoms with E-state index in [1.165, 1.54) is 6.07 Å². The Labute approximate surface area is 128 Å². The standard InChI is InChI=1S/C15H18ClN3O2/c1-9(2)17-8-11-7-14(20)19-15(18-11)12-5-4-10(16)6-13(12)21-3/h4-7,9,17H,8H2,1-3H3,(H,18,19,20). The zero-order chi connectivity index (χ0) is 15.4.